The number of carbonyl (C=O) groups is 2. The molecule has 4 aliphatic heterocycles. The molecule has 0 spiro atoms. The molecule has 4 fully saturated rings. The zero-order valence-electron chi connectivity index (χ0n) is 22.2. The maximum atomic E-state index is 13.0. The zero-order chi connectivity index (χ0) is 26.3. The zero-order valence-corrected chi connectivity index (χ0v) is 22.2. The molecule has 202 valence electrons. The Morgan fingerprint density at radius 2 is 1.76 bits per heavy atom. The number of hydrogen-bond acceptors (Lipinski definition) is 7. The maximum absolute atomic E-state index is 13.0. The number of nitrogens with two attached hydrogens (primary N) is 1. The SMILES string of the molecule is CC1(c2ccc(Nc3nc(N4CCCC(N5CC6CCCN6C5=O)C4)cnc3C(N)=O)cc2)CCNCC1. The molecule has 4 aliphatic rings. The molecule has 4 N–H and O–H groups in total. The lowest BCUT2D eigenvalue weighted by Crippen LogP contribution is -2.49. The van der Waals surface area contributed by atoms with Gasteiger partial charge in [0, 0.05) is 31.9 Å². The van der Waals surface area contributed by atoms with Gasteiger partial charge in [0.05, 0.1) is 18.3 Å². The van der Waals surface area contributed by atoms with Crippen LogP contribution < -0.4 is 21.3 Å². The normalized spacial score (nSPS) is 25.0. The minimum Gasteiger partial charge on any atom is -0.364 e. The molecule has 2 unspecified atom stereocenters. The number of aromatic nitrogens is 2. The number of rotatable bonds is 6. The van der Waals surface area contributed by atoms with E-state index in [4.69, 9.17) is 10.7 Å². The first-order chi connectivity index (χ1) is 18.4. The number of carbonyl (C=O) groups excluding carboxylic acids is 2. The van der Waals surface area contributed by atoms with Gasteiger partial charge in [0.25, 0.3) is 5.91 Å². The van der Waals surface area contributed by atoms with Crippen molar-refractivity contribution in [1.82, 2.24) is 25.1 Å². The van der Waals surface area contributed by atoms with Crippen molar-refractivity contribution in [2.24, 2.45) is 5.73 Å². The van der Waals surface area contributed by atoms with E-state index in [2.05, 4.69) is 44.5 Å². The molecule has 4 saturated heterocycles. The molecule has 3 amide bonds. The molecule has 10 nitrogen and oxygen atoms in total. The van der Waals surface area contributed by atoms with Crippen molar-refractivity contribution in [1.29, 1.82) is 0 Å². The van der Waals surface area contributed by atoms with Gasteiger partial charge in [0.15, 0.2) is 11.5 Å². The maximum Gasteiger partial charge on any atom is 0.320 e. The van der Waals surface area contributed by atoms with Crippen LogP contribution in [0.4, 0.5) is 22.1 Å². The Morgan fingerprint density at radius 1 is 1.05 bits per heavy atom. The van der Waals surface area contributed by atoms with E-state index in [-0.39, 0.29) is 23.2 Å². The van der Waals surface area contributed by atoms with Crippen LogP contribution in [0.3, 0.4) is 0 Å². The van der Waals surface area contributed by atoms with E-state index in [0.717, 1.165) is 76.9 Å². The van der Waals surface area contributed by atoms with E-state index < -0.39 is 5.91 Å². The summed E-state index contributed by atoms with van der Waals surface area (Å²) in [6, 6.07) is 9.07. The van der Waals surface area contributed by atoms with Gasteiger partial charge in [0.2, 0.25) is 0 Å². The second kappa shape index (κ2) is 10.1. The van der Waals surface area contributed by atoms with Crippen molar-refractivity contribution in [3.05, 3.63) is 41.7 Å². The van der Waals surface area contributed by atoms with Crippen molar-refractivity contribution in [3.8, 4) is 0 Å². The number of fused-ring (bicyclic) bond motifs is 1. The Labute approximate surface area is 224 Å². The summed E-state index contributed by atoms with van der Waals surface area (Å²) in [5.74, 6) is 0.425. The summed E-state index contributed by atoms with van der Waals surface area (Å²) in [7, 11) is 0. The molecule has 38 heavy (non-hydrogen) atoms. The lowest BCUT2D eigenvalue weighted by molar-refractivity contribution is 0.0996. The van der Waals surface area contributed by atoms with E-state index in [1.165, 1.54) is 5.56 Å². The summed E-state index contributed by atoms with van der Waals surface area (Å²) >= 11 is 0. The number of piperidine rings is 2. The highest BCUT2D eigenvalue weighted by molar-refractivity contribution is 5.96. The Bertz CT molecular complexity index is 1200. The van der Waals surface area contributed by atoms with Gasteiger partial charge in [-0.15, -0.1) is 0 Å². The molecule has 6 rings (SSSR count). The van der Waals surface area contributed by atoms with Gasteiger partial charge in [-0.2, -0.15) is 0 Å². The third-order valence-electron chi connectivity index (χ3n) is 8.98. The van der Waals surface area contributed by atoms with Gasteiger partial charge < -0.3 is 31.1 Å². The fourth-order valence-corrected chi connectivity index (χ4v) is 6.63. The summed E-state index contributed by atoms with van der Waals surface area (Å²) in [4.78, 5) is 40.6. The van der Waals surface area contributed by atoms with E-state index in [0.29, 0.717) is 24.2 Å². The minimum absolute atomic E-state index is 0.118. The molecule has 1 aromatic carbocycles. The van der Waals surface area contributed by atoms with Crippen LogP contribution in [0.25, 0.3) is 0 Å². The van der Waals surface area contributed by atoms with E-state index in [1.54, 1.807) is 6.20 Å². The summed E-state index contributed by atoms with van der Waals surface area (Å²) in [6.45, 7) is 7.62. The van der Waals surface area contributed by atoms with Gasteiger partial charge in [-0.05, 0) is 74.7 Å². The predicted octanol–water partition coefficient (Wildman–Crippen LogP) is 2.83. The minimum atomic E-state index is -0.620. The van der Waals surface area contributed by atoms with Crippen LogP contribution in [0.15, 0.2) is 30.5 Å². The van der Waals surface area contributed by atoms with Gasteiger partial charge in [-0.25, -0.2) is 14.8 Å². The Morgan fingerprint density at radius 3 is 2.47 bits per heavy atom. The fraction of sp³-hybridized carbons (Fsp3) is 0.571. The van der Waals surface area contributed by atoms with Crippen LogP contribution in [-0.2, 0) is 5.41 Å². The fourth-order valence-electron chi connectivity index (χ4n) is 6.63. The van der Waals surface area contributed by atoms with Gasteiger partial charge in [-0.3, -0.25) is 4.79 Å². The standard InChI is InChI=1S/C28H38N8O2/c1-28(10-12-30-13-11-28)19-6-8-20(9-7-19)32-26-24(25(29)37)31-16-23(33-26)34-14-2-4-21(17-34)36-18-22-5-3-15-35(22)27(36)38/h6-9,16,21-22,30H,2-5,10-15,17-18H2,1H3,(H2,29,37)(H,32,33). The molecule has 10 heteroatoms. The van der Waals surface area contributed by atoms with Crippen LogP contribution in [0.1, 0.15) is 61.5 Å². The highest BCUT2D eigenvalue weighted by atomic mass is 16.2. The highest BCUT2D eigenvalue weighted by Gasteiger charge is 2.43. The number of benzene rings is 1. The van der Waals surface area contributed by atoms with Crippen molar-refractivity contribution in [3.63, 3.8) is 0 Å². The Hall–Kier alpha value is -3.40. The molecule has 0 bridgehead atoms. The Balaban J connectivity index is 1.19. The van der Waals surface area contributed by atoms with Crippen LogP contribution >= 0.6 is 0 Å². The average molecular weight is 519 g/mol. The highest BCUT2D eigenvalue weighted by Crippen LogP contribution is 2.34. The first-order valence-electron chi connectivity index (χ1n) is 14.0. The first-order valence-corrected chi connectivity index (χ1v) is 14.0. The molecule has 0 radical (unpaired) electrons. The number of primary amides is 1. The van der Waals surface area contributed by atoms with Crippen molar-refractivity contribution in [2.45, 2.75) is 62.9 Å². The summed E-state index contributed by atoms with van der Waals surface area (Å²) in [5.41, 5.74) is 8.08. The van der Waals surface area contributed by atoms with Gasteiger partial charge in [0.1, 0.15) is 5.82 Å². The number of anilines is 3. The number of nitrogens with zero attached hydrogens (tertiary/aromatic N) is 5. The second-order valence-electron chi connectivity index (χ2n) is 11.5. The quantitative estimate of drug-likeness (QED) is 0.538. The molecule has 5 heterocycles. The molecular formula is C28H38N8O2. The van der Waals surface area contributed by atoms with E-state index >= 15 is 0 Å². The summed E-state index contributed by atoms with van der Waals surface area (Å²) in [6.07, 6.45) is 8.01. The van der Waals surface area contributed by atoms with Crippen LogP contribution in [-0.4, -0.2) is 83.1 Å². The summed E-state index contributed by atoms with van der Waals surface area (Å²) in [5, 5.41) is 6.73. The smallest absolute Gasteiger partial charge is 0.320 e. The topological polar surface area (TPSA) is 120 Å². The van der Waals surface area contributed by atoms with Gasteiger partial charge in [-0.1, -0.05) is 19.1 Å². The predicted molar refractivity (Wildman–Crippen MR) is 147 cm³/mol. The van der Waals surface area contributed by atoms with Crippen molar-refractivity contribution >= 4 is 29.3 Å². The van der Waals surface area contributed by atoms with E-state index in [1.807, 2.05) is 17.0 Å². The molecule has 2 atom stereocenters. The van der Waals surface area contributed by atoms with E-state index in [9.17, 15) is 9.59 Å². The third-order valence-corrected chi connectivity index (χ3v) is 8.98. The molecule has 0 saturated carbocycles. The summed E-state index contributed by atoms with van der Waals surface area (Å²) < 4.78 is 0. The lowest BCUT2D eigenvalue weighted by atomic mass is 9.75. The van der Waals surface area contributed by atoms with Crippen LogP contribution in [0.5, 0.6) is 0 Å². The molecule has 0 aliphatic carbocycles. The third kappa shape index (κ3) is 4.66. The number of urea groups is 1. The number of hydrogen-bond donors (Lipinski definition) is 3. The second-order valence-corrected chi connectivity index (χ2v) is 11.5. The van der Waals surface area contributed by atoms with Crippen LogP contribution in [0.2, 0.25) is 0 Å². The number of nitrogens with one attached hydrogen (secondary N) is 2. The van der Waals surface area contributed by atoms with Crippen molar-refractivity contribution < 1.29 is 9.59 Å². The van der Waals surface area contributed by atoms with Crippen molar-refractivity contribution in [2.75, 3.05) is 49.5 Å². The molecular weight excluding hydrogens is 480 g/mol. The Kier molecular flexibility index (Phi) is 6.59. The molecule has 2 aromatic rings. The average Bonchev–Trinajstić information content (AvgIpc) is 3.52. The molecule has 1 aromatic heterocycles. The lowest BCUT2D eigenvalue weighted by Gasteiger charge is -2.38. The largest absolute Gasteiger partial charge is 0.364 e. The van der Waals surface area contributed by atoms with Crippen LogP contribution in [0, 0.1) is 0 Å². The van der Waals surface area contributed by atoms with Gasteiger partial charge >= 0.3 is 6.03 Å². The first kappa shape index (κ1) is 24.9. The monoisotopic (exact) mass is 518 g/mol. The number of amides is 3.